The Morgan fingerprint density at radius 1 is 1.24 bits per heavy atom. The molecule has 1 heterocycles. The predicted octanol–water partition coefficient (Wildman–Crippen LogP) is 3.32. The lowest BCUT2D eigenvalue weighted by molar-refractivity contribution is -0.123. The van der Waals surface area contributed by atoms with Crippen molar-refractivity contribution in [3.63, 3.8) is 0 Å². The Kier molecular flexibility index (Phi) is 5.81. The first-order valence-corrected chi connectivity index (χ1v) is 6.95. The molecule has 1 aromatic carbocycles. The lowest BCUT2D eigenvalue weighted by Gasteiger charge is -2.22. The number of amides is 1. The summed E-state index contributed by atoms with van der Waals surface area (Å²) in [5.41, 5.74) is 7.55. The van der Waals surface area contributed by atoms with Crippen LogP contribution in [0.25, 0.3) is 11.0 Å². The van der Waals surface area contributed by atoms with Crippen LogP contribution in [0.3, 0.4) is 0 Å². The second kappa shape index (κ2) is 6.96. The molecule has 1 unspecified atom stereocenters. The molecule has 5 heteroatoms. The maximum Gasteiger partial charge on any atom is 0.237 e. The van der Waals surface area contributed by atoms with Gasteiger partial charge in [-0.1, -0.05) is 32.0 Å². The van der Waals surface area contributed by atoms with Crippen molar-refractivity contribution in [2.75, 3.05) is 0 Å². The van der Waals surface area contributed by atoms with Crippen LogP contribution >= 0.6 is 12.4 Å². The standard InChI is InChI=1S/C16H22N2O2.ClH/c1-9(2)14(18-16(19)11(4)17)15-10(3)12-7-5-6-8-13(12)20-15;/h5-9,11,14H,17H2,1-4H3,(H,18,19);1H/t11-,14?;/m1./s1. The van der Waals surface area contributed by atoms with Crippen molar-refractivity contribution in [2.24, 2.45) is 11.7 Å². The number of carbonyl (C=O) groups is 1. The topological polar surface area (TPSA) is 68.3 Å². The second-order valence-electron chi connectivity index (χ2n) is 5.61. The SMILES string of the molecule is Cc1c(C(NC(=O)[C@@H](C)N)C(C)C)oc2ccccc12.Cl. The average molecular weight is 311 g/mol. The van der Waals surface area contributed by atoms with Crippen LogP contribution in [0, 0.1) is 12.8 Å². The van der Waals surface area contributed by atoms with Crippen LogP contribution in [0.2, 0.25) is 0 Å². The van der Waals surface area contributed by atoms with E-state index in [4.69, 9.17) is 10.2 Å². The normalized spacial score (nSPS) is 13.8. The summed E-state index contributed by atoms with van der Waals surface area (Å²) in [4.78, 5) is 11.9. The highest BCUT2D eigenvalue weighted by molar-refractivity contribution is 5.85. The average Bonchev–Trinajstić information content (AvgIpc) is 2.73. The summed E-state index contributed by atoms with van der Waals surface area (Å²) < 4.78 is 5.95. The molecule has 1 amide bonds. The summed E-state index contributed by atoms with van der Waals surface area (Å²) in [5.74, 6) is 0.871. The monoisotopic (exact) mass is 310 g/mol. The maximum absolute atomic E-state index is 11.9. The van der Waals surface area contributed by atoms with Crippen LogP contribution in [0.1, 0.15) is 38.1 Å². The van der Waals surface area contributed by atoms with Gasteiger partial charge < -0.3 is 15.5 Å². The van der Waals surface area contributed by atoms with Crippen LogP contribution < -0.4 is 11.1 Å². The molecule has 2 atom stereocenters. The highest BCUT2D eigenvalue weighted by atomic mass is 35.5. The van der Waals surface area contributed by atoms with Crippen LogP contribution in [-0.4, -0.2) is 11.9 Å². The van der Waals surface area contributed by atoms with E-state index in [0.29, 0.717) is 0 Å². The second-order valence-corrected chi connectivity index (χ2v) is 5.61. The number of hydrogen-bond donors (Lipinski definition) is 2. The molecule has 2 aromatic rings. The third-order valence-electron chi connectivity index (χ3n) is 3.54. The largest absolute Gasteiger partial charge is 0.459 e. The Hall–Kier alpha value is -1.52. The Bertz CT molecular complexity index is 620. The van der Waals surface area contributed by atoms with Crippen LogP contribution in [-0.2, 0) is 4.79 Å². The molecule has 0 spiro atoms. The fourth-order valence-corrected chi connectivity index (χ4v) is 2.31. The summed E-state index contributed by atoms with van der Waals surface area (Å²) in [5, 5.41) is 4.06. The predicted molar refractivity (Wildman–Crippen MR) is 87.6 cm³/mol. The van der Waals surface area contributed by atoms with Gasteiger partial charge in [0.15, 0.2) is 0 Å². The van der Waals surface area contributed by atoms with Crippen molar-refractivity contribution in [1.29, 1.82) is 0 Å². The number of aryl methyl sites for hydroxylation is 1. The van der Waals surface area contributed by atoms with Gasteiger partial charge in [-0.2, -0.15) is 0 Å². The fourth-order valence-electron chi connectivity index (χ4n) is 2.31. The molecule has 0 saturated carbocycles. The van der Waals surface area contributed by atoms with Gasteiger partial charge in [-0.25, -0.2) is 0 Å². The zero-order valence-corrected chi connectivity index (χ0v) is 13.7. The first-order valence-electron chi connectivity index (χ1n) is 6.95. The molecule has 0 radical (unpaired) electrons. The van der Waals surface area contributed by atoms with Crippen LogP contribution in [0.5, 0.6) is 0 Å². The molecule has 1 aromatic heterocycles. The zero-order chi connectivity index (χ0) is 14.9. The Balaban J connectivity index is 0.00000220. The minimum Gasteiger partial charge on any atom is -0.459 e. The van der Waals surface area contributed by atoms with E-state index in [-0.39, 0.29) is 30.3 Å². The molecule has 3 N–H and O–H groups in total. The zero-order valence-electron chi connectivity index (χ0n) is 12.8. The van der Waals surface area contributed by atoms with Crippen molar-refractivity contribution in [3.05, 3.63) is 35.6 Å². The maximum atomic E-state index is 11.9. The van der Waals surface area contributed by atoms with Crippen LogP contribution in [0.15, 0.2) is 28.7 Å². The van der Waals surface area contributed by atoms with Gasteiger partial charge in [-0.3, -0.25) is 4.79 Å². The molecule has 0 aliphatic carbocycles. The summed E-state index contributed by atoms with van der Waals surface area (Å²) >= 11 is 0. The molecule has 4 nitrogen and oxygen atoms in total. The van der Waals surface area contributed by atoms with Crippen molar-refractivity contribution in [1.82, 2.24) is 5.32 Å². The van der Waals surface area contributed by atoms with Crippen molar-refractivity contribution in [3.8, 4) is 0 Å². The number of nitrogens with one attached hydrogen (secondary N) is 1. The number of halogens is 1. The number of rotatable bonds is 4. The fraction of sp³-hybridized carbons (Fsp3) is 0.438. The molecule has 0 fully saturated rings. The molecular formula is C16H23ClN2O2. The summed E-state index contributed by atoms with van der Waals surface area (Å²) in [6.07, 6.45) is 0. The van der Waals surface area contributed by atoms with E-state index in [1.165, 1.54) is 0 Å². The lowest BCUT2D eigenvalue weighted by atomic mass is 9.98. The number of para-hydroxylation sites is 1. The van der Waals surface area contributed by atoms with Gasteiger partial charge in [-0.05, 0) is 25.8 Å². The van der Waals surface area contributed by atoms with Gasteiger partial charge in [0.05, 0.1) is 12.1 Å². The molecule has 116 valence electrons. The minimum atomic E-state index is -0.527. The van der Waals surface area contributed by atoms with Gasteiger partial charge >= 0.3 is 0 Å². The van der Waals surface area contributed by atoms with E-state index in [0.717, 1.165) is 22.3 Å². The highest BCUT2D eigenvalue weighted by Gasteiger charge is 2.25. The number of nitrogens with two attached hydrogens (primary N) is 1. The van der Waals surface area contributed by atoms with Crippen molar-refractivity contribution in [2.45, 2.75) is 39.8 Å². The number of hydrogen-bond acceptors (Lipinski definition) is 3. The van der Waals surface area contributed by atoms with Gasteiger partial charge in [0, 0.05) is 10.9 Å². The number of fused-ring (bicyclic) bond motifs is 1. The van der Waals surface area contributed by atoms with Gasteiger partial charge in [0.1, 0.15) is 11.3 Å². The molecule has 0 aliphatic rings. The van der Waals surface area contributed by atoms with Crippen molar-refractivity contribution < 1.29 is 9.21 Å². The third kappa shape index (κ3) is 3.57. The minimum absolute atomic E-state index is 0. The van der Waals surface area contributed by atoms with E-state index in [2.05, 4.69) is 19.2 Å². The third-order valence-corrected chi connectivity index (χ3v) is 3.54. The Morgan fingerprint density at radius 2 is 1.86 bits per heavy atom. The van der Waals surface area contributed by atoms with E-state index >= 15 is 0 Å². The number of benzene rings is 1. The summed E-state index contributed by atoms with van der Waals surface area (Å²) in [7, 11) is 0. The first kappa shape index (κ1) is 17.5. The van der Waals surface area contributed by atoms with Gasteiger partial charge in [0.2, 0.25) is 5.91 Å². The van der Waals surface area contributed by atoms with E-state index in [9.17, 15) is 4.79 Å². The van der Waals surface area contributed by atoms with E-state index in [1.807, 2.05) is 31.2 Å². The molecule has 0 bridgehead atoms. The van der Waals surface area contributed by atoms with Crippen LogP contribution in [0.4, 0.5) is 0 Å². The quantitative estimate of drug-likeness (QED) is 0.910. The van der Waals surface area contributed by atoms with Gasteiger partial charge in [-0.15, -0.1) is 12.4 Å². The molecule has 21 heavy (non-hydrogen) atoms. The highest BCUT2D eigenvalue weighted by Crippen LogP contribution is 2.32. The Labute approximate surface area is 131 Å². The lowest BCUT2D eigenvalue weighted by Crippen LogP contribution is -2.41. The molecular weight excluding hydrogens is 288 g/mol. The summed E-state index contributed by atoms with van der Waals surface area (Å²) in [6, 6.07) is 7.21. The number of furan rings is 1. The summed E-state index contributed by atoms with van der Waals surface area (Å²) in [6.45, 7) is 7.81. The van der Waals surface area contributed by atoms with E-state index < -0.39 is 6.04 Å². The smallest absolute Gasteiger partial charge is 0.237 e. The van der Waals surface area contributed by atoms with Crippen molar-refractivity contribution >= 4 is 29.3 Å². The van der Waals surface area contributed by atoms with E-state index in [1.54, 1.807) is 6.92 Å². The molecule has 0 saturated heterocycles. The first-order chi connectivity index (χ1) is 9.41. The number of carbonyl (C=O) groups excluding carboxylic acids is 1. The molecule has 0 aliphatic heterocycles. The molecule has 2 rings (SSSR count). The van der Waals surface area contributed by atoms with Gasteiger partial charge in [0.25, 0.3) is 0 Å². The Morgan fingerprint density at radius 3 is 2.38 bits per heavy atom.